The first-order valence-corrected chi connectivity index (χ1v) is 12.6. The van der Waals surface area contributed by atoms with Crippen molar-refractivity contribution in [3.05, 3.63) is 52.8 Å². The Morgan fingerprint density at radius 1 is 1.18 bits per heavy atom. The number of halogens is 2. The summed E-state index contributed by atoms with van der Waals surface area (Å²) in [6.45, 7) is 0.607. The lowest BCUT2D eigenvalue weighted by molar-refractivity contribution is 0.00396. The minimum absolute atomic E-state index is 0.0611. The third-order valence-electron chi connectivity index (χ3n) is 6.39. The molecular formula is C24H24ClFN6OS. The van der Waals surface area contributed by atoms with Crippen LogP contribution in [0.5, 0.6) is 0 Å². The first-order valence-electron chi connectivity index (χ1n) is 11.4. The molecule has 1 aliphatic heterocycles. The summed E-state index contributed by atoms with van der Waals surface area (Å²) < 4.78 is 23.9. The molecule has 1 aliphatic carbocycles. The van der Waals surface area contributed by atoms with Crippen molar-refractivity contribution in [3.8, 4) is 11.3 Å². The number of hydrogen-bond donors (Lipinski definition) is 0. The van der Waals surface area contributed by atoms with Crippen LogP contribution in [0.2, 0.25) is 5.02 Å². The Hall–Kier alpha value is -2.62. The van der Waals surface area contributed by atoms with Crippen molar-refractivity contribution < 1.29 is 9.13 Å². The van der Waals surface area contributed by atoms with Crippen LogP contribution < -0.4 is 4.90 Å². The number of rotatable bonds is 5. The maximum atomic E-state index is 15.0. The van der Waals surface area contributed by atoms with Gasteiger partial charge in [0.2, 0.25) is 0 Å². The molecule has 1 aromatic carbocycles. The molecule has 0 unspecified atom stereocenters. The highest BCUT2D eigenvalue weighted by Gasteiger charge is 2.31. The summed E-state index contributed by atoms with van der Waals surface area (Å²) in [5, 5.41) is 5.67. The number of aromatic nitrogens is 5. The second kappa shape index (κ2) is 8.55. The van der Waals surface area contributed by atoms with E-state index in [-0.39, 0.29) is 12.0 Å². The minimum Gasteiger partial charge on any atom is -0.373 e. The van der Waals surface area contributed by atoms with Gasteiger partial charge in [0.25, 0.3) is 0 Å². The number of nitrogens with zero attached hydrogens (tertiary/aromatic N) is 6. The van der Waals surface area contributed by atoms with Gasteiger partial charge in [0.15, 0.2) is 10.8 Å². The summed E-state index contributed by atoms with van der Waals surface area (Å²) in [4.78, 5) is 16.4. The molecule has 2 fully saturated rings. The summed E-state index contributed by atoms with van der Waals surface area (Å²) >= 11 is 7.47. The van der Waals surface area contributed by atoms with Gasteiger partial charge in [-0.15, -0.1) is 0 Å². The predicted molar refractivity (Wildman–Crippen MR) is 131 cm³/mol. The molecule has 7 nitrogen and oxygen atoms in total. The van der Waals surface area contributed by atoms with Crippen LogP contribution >= 0.6 is 22.9 Å². The molecule has 0 amide bonds. The van der Waals surface area contributed by atoms with Crippen molar-refractivity contribution in [1.82, 2.24) is 24.7 Å². The lowest BCUT2D eigenvalue weighted by Gasteiger charge is -2.28. The quantitative estimate of drug-likeness (QED) is 0.347. The van der Waals surface area contributed by atoms with Crippen molar-refractivity contribution in [3.63, 3.8) is 0 Å². The number of thiazole rings is 1. The summed E-state index contributed by atoms with van der Waals surface area (Å²) in [7, 11) is 3.86. The normalized spacial score (nSPS) is 20.7. The van der Waals surface area contributed by atoms with E-state index in [0.29, 0.717) is 40.4 Å². The smallest absolute Gasteiger partial charge is 0.187 e. The molecule has 2 aliphatic rings. The fourth-order valence-corrected chi connectivity index (χ4v) is 5.48. The molecular weight excluding hydrogens is 475 g/mol. The minimum atomic E-state index is -0.407. The molecule has 34 heavy (non-hydrogen) atoms. The van der Waals surface area contributed by atoms with Crippen molar-refractivity contribution in [2.45, 2.75) is 43.7 Å². The Labute approximate surface area is 205 Å². The van der Waals surface area contributed by atoms with Gasteiger partial charge >= 0.3 is 0 Å². The molecule has 3 aromatic heterocycles. The molecule has 1 saturated carbocycles. The summed E-state index contributed by atoms with van der Waals surface area (Å²) in [5.41, 5.74) is 2.64. The molecule has 4 aromatic rings. The SMILES string of the molecule is CN(C)c1nc2nc([C@H]3CCO[C@H](c4cnn(C5CC5)c4)C3)nc(-c3ccc(Cl)cc3F)c2s1. The lowest BCUT2D eigenvalue weighted by Crippen LogP contribution is -2.20. The van der Waals surface area contributed by atoms with Gasteiger partial charge in [-0.1, -0.05) is 22.9 Å². The topological polar surface area (TPSA) is 69.0 Å². The van der Waals surface area contributed by atoms with Crippen LogP contribution in [0.4, 0.5) is 9.52 Å². The zero-order chi connectivity index (χ0) is 23.4. The van der Waals surface area contributed by atoms with Crippen LogP contribution in [-0.2, 0) is 4.74 Å². The Morgan fingerprint density at radius 3 is 2.79 bits per heavy atom. The molecule has 1 saturated heterocycles. The van der Waals surface area contributed by atoms with Crippen LogP contribution in [0.15, 0.2) is 30.6 Å². The van der Waals surface area contributed by atoms with E-state index < -0.39 is 5.82 Å². The third kappa shape index (κ3) is 4.06. The Morgan fingerprint density at radius 2 is 2.03 bits per heavy atom. The van der Waals surface area contributed by atoms with Crippen LogP contribution in [0.3, 0.4) is 0 Å². The lowest BCUT2D eigenvalue weighted by atomic mass is 9.92. The van der Waals surface area contributed by atoms with Crippen molar-refractivity contribution in [2.24, 2.45) is 0 Å². The molecule has 6 rings (SSSR count). The molecule has 0 spiro atoms. The van der Waals surface area contributed by atoms with Crippen LogP contribution in [0.25, 0.3) is 21.6 Å². The van der Waals surface area contributed by atoms with E-state index in [1.807, 2.05) is 29.9 Å². The van der Waals surface area contributed by atoms with E-state index >= 15 is 0 Å². The molecule has 0 N–H and O–H groups in total. The first-order chi connectivity index (χ1) is 16.5. The van der Waals surface area contributed by atoms with Gasteiger partial charge in [0.1, 0.15) is 16.3 Å². The second-order valence-electron chi connectivity index (χ2n) is 9.16. The van der Waals surface area contributed by atoms with E-state index in [1.165, 1.54) is 30.2 Å². The van der Waals surface area contributed by atoms with E-state index in [4.69, 9.17) is 31.3 Å². The Kier molecular flexibility index (Phi) is 5.50. The standard InChI is InChI=1S/C24H24ClFN6OS/c1-31(2)24-30-23-21(34-24)20(17-6-3-15(25)10-18(17)26)28-22(29-23)13-7-8-33-19(9-13)14-11-27-32(12-14)16-4-5-16/h3,6,10-13,16,19H,4-5,7-9H2,1-2H3/t13-,19-/m0/s1. The van der Waals surface area contributed by atoms with E-state index in [2.05, 4.69) is 11.3 Å². The molecule has 10 heteroatoms. The second-order valence-corrected chi connectivity index (χ2v) is 10.6. The van der Waals surface area contributed by atoms with Gasteiger partial charge in [0.05, 0.1) is 24.0 Å². The van der Waals surface area contributed by atoms with Crippen LogP contribution in [0.1, 0.15) is 55.1 Å². The van der Waals surface area contributed by atoms with Crippen molar-refractivity contribution >= 4 is 38.4 Å². The zero-order valence-electron chi connectivity index (χ0n) is 18.9. The van der Waals surface area contributed by atoms with Gasteiger partial charge in [-0.2, -0.15) is 10.1 Å². The van der Waals surface area contributed by atoms with E-state index in [0.717, 1.165) is 28.2 Å². The van der Waals surface area contributed by atoms with E-state index in [1.54, 1.807) is 12.1 Å². The summed E-state index contributed by atoms with van der Waals surface area (Å²) in [6.07, 6.45) is 7.88. The maximum absolute atomic E-state index is 15.0. The van der Waals surface area contributed by atoms with Crippen molar-refractivity contribution in [1.29, 1.82) is 0 Å². The van der Waals surface area contributed by atoms with Gasteiger partial charge in [0, 0.05) is 49.0 Å². The Balaban J connectivity index is 1.39. The largest absolute Gasteiger partial charge is 0.373 e. The number of fused-ring (bicyclic) bond motifs is 1. The fourth-order valence-electron chi connectivity index (χ4n) is 4.39. The van der Waals surface area contributed by atoms with Crippen molar-refractivity contribution in [2.75, 3.05) is 25.6 Å². The predicted octanol–water partition coefficient (Wildman–Crippen LogP) is 5.78. The van der Waals surface area contributed by atoms with Crippen LogP contribution in [-0.4, -0.2) is 45.4 Å². The molecule has 4 heterocycles. The van der Waals surface area contributed by atoms with Gasteiger partial charge in [-0.25, -0.2) is 14.4 Å². The van der Waals surface area contributed by atoms with Gasteiger partial charge < -0.3 is 9.64 Å². The molecule has 0 radical (unpaired) electrons. The number of anilines is 1. The molecule has 176 valence electrons. The average Bonchev–Trinajstić information content (AvgIpc) is 3.38. The number of benzene rings is 1. The average molecular weight is 499 g/mol. The number of ether oxygens (including phenoxy) is 1. The van der Waals surface area contributed by atoms with E-state index in [9.17, 15) is 4.39 Å². The maximum Gasteiger partial charge on any atom is 0.187 e. The number of hydrogen-bond acceptors (Lipinski definition) is 7. The molecule has 2 atom stereocenters. The van der Waals surface area contributed by atoms with Gasteiger partial charge in [-0.05, 0) is 43.9 Å². The Bertz CT molecular complexity index is 1370. The van der Waals surface area contributed by atoms with Crippen LogP contribution in [0, 0.1) is 5.82 Å². The van der Waals surface area contributed by atoms with Gasteiger partial charge in [-0.3, -0.25) is 4.68 Å². The molecule has 0 bridgehead atoms. The highest BCUT2D eigenvalue weighted by molar-refractivity contribution is 7.22. The fraction of sp³-hybridized carbons (Fsp3) is 0.417. The zero-order valence-corrected chi connectivity index (χ0v) is 20.5. The monoisotopic (exact) mass is 498 g/mol. The highest BCUT2D eigenvalue weighted by atomic mass is 35.5. The summed E-state index contributed by atoms with van der Waals surface area (Å²) in [5.74, 6) is 0.344. The highest BCUT2D eigenvalue weighted by Crippen LogP contribution is 2.41. The first kappa shape index (κ1) is 21.9. The third-order valence-corrected chi connectivity index (χ3v) is 7.85. The summed E-state index contributed by atoms with van der Waals surface area (Å²) in [6, 6.07) is 5.22.